The molecule has 0 aliphatic heterocycles. The van der Waals surface area contributed by atoms with E-state index in [0.29, 0.717) is 27.8 Å². The van der Waals surface area contributed by atoms with E-state index in [0.717, 1.165) is 0 Å². The fourth-order valence-corrected chi connectivity index (χ4v) is 3.98. The Hall–Kier alpha value is -4.51. The number of rotatable bonds is 8. The number of nitrogens with two attached hydrogens (primary N) is 2. The Kier molecular flexibility index (Phi) is 7.58. The van der Waals surface area contributed by atoms with Crippen molar-refractivity contribution in [1.82, 2.24) is 15.0 Å². The Balaban J connectivity index is 1.70. The number of nitrogens with zero attached hydrogens (tertiary/aromatic N) is 3. The molecular weight excluding hydrogens is 499 g/mol. The molecule has 0 radical (unpaired) electrons. The predicted molar refractivity (Wildman–Crippen MR) is 135 cm³/mol. The van der Waals surface area contributed by atoms with Gasteiger partial charge in [-0.2, -0.15) is 28.1 Å². The monoisotopic (exact) mass is 523 g/mol. The number of carboxylic acid groups (broad SMARTS) is 1. The van der Waals surface area contributed by atoms with Crippen LogP contribution in [-0.2, 0) is 11.2 Å². The van der Waals surface area contributed by atoms with Gasteiger partial charge in [0.2, 0.25) is 12.1 Å². The molecule has 2 atom stereocenters. The molecule has 1 unspecified atom stereocenters. The second kappa shape index (κ2) is 10.9. The topological polar surface area (TPSA) is 137 Å². The maximum absolute atomic E-state index is 14.4. The normalized spacial score (nSPS) is 13.1. The lowest BCUT2D eigenvalue weighted by atomic mass is 9.92. The van der Waals surface area contributed by atoms with Gasteiger partial charge in [0.25, 0.3) is 0 Å². The molecule has 3 aromatic carbocycles. The van der Waals surface area contributed by atoms with Crippen molar-refractivity contribution in [3.8, 4) is 28.5 Å². The lowest BCUT2D eigenvalue weighted by Gasteiger charge is -2.25. The molecule has 196 valence electrons. The minimum atomic E-state index is -4.80. The van der Waals surface area contributed by atoms with E-state index >= 15 is 0 Å². The van der Waals surface area contributed by atoms with Gasteiger partial charge in [-0.05, 0) is 35.6 Å². The highest BCUT2D eigenvalue weighted by atomic mass is 19.4. The van der Waals surface area contributed by atoms with Crippen LogP contribution in [0.3, 0.4) is 0 Å². The van der Waals surface area contributed by atoms with Gasteiger partial charge in [-0.3, -0.25) is 4.79 Å². The van der Waals surface area contributed by atoms with Crippen molar-refractivity contribution >= 4 is 11.9 Å². The van der Waals surface area contributed by atoms with Crippen LogP contribution in [0.1, 0.15) is 22.8 Å². The number of halogens is 3. The highest BCUT2D eigenvalue weighted by Crippen LogP contribution is 2.42. The van der Waals surface area contributed by atoms with E-state index in [-0.39, 0.29) is 23.8 Å². The van der Waals surface area contributed by atoms with E-state index in [1.807, 2.05) is 0 Å². The largest absolute Gasteiger partial charge is 0.480 e. The molecule has 8 nitrogen and oxygen atoms in total. The number of anilines is 1. The molecule has 0 aliphatic rings. The lowest BCUT2D eigenvalue weighted by molar-refractivity contribution is -0.199. The van der Waals surface area contributed by atoms with Crippen molar-refractivity contribution < 1.29 is 27.8 Å². The molecule has 0 fully saturated rings. The second-order valence-electron chi connectivity index (χ2n) is 8.59. The summed E-state index contributed by atoms with van der Waals surface area (Å²) >= 11 is 0. The molecule has 0 spiro atoms. The Labute approximate surface area is 216 Å². The first-order valence-electron chi connectivity index (χ1n) is 11.5. The van der Waals surface area contributed by atoms with Crippen LogP contribution in [0, 0.1) is 6.92 Å². The summed E-state index contributed by atoms with van der Waals surface area (Å²) < 4.78 is 48.7. The number of carbonyl (C=O) groups is 1. The minimum Gasteiger partial charge on any atom is -0.480 e. The molecule has 11 heteroatoms. The van der Waals surface area contributed by atoms with Gasteiger partial charge >= 0.3 is 18.2 Å². The summed E-state index contributed by atoms with van der Waals surface area (Å²) in [5, 5.41) is 8.99. The van der Waals surface area contributed by atoms with Crippen LogP contribution in [0.5, 0.6) is 6.01 Å². The zero-order valence-corrected chi connectivity index (χ0v) is 20.2. The van der Waals surface area contributed by atoms with Crippen LogP contribution in [-0.4, -0.2) is 38.2 Å². The number of aromatic nitrogens is 3. The molecule has 4 aromatic rings. The summed E-state index contributed by atoms with van der Waals surface area (Å²) in [7, 11) is 0. The maximum atomic E-state index is 14.4. The number of alkyl halides is 3. The summed E-state index contributed by atoms with van der Waals surface area (Å²) in [4.78, 5) is 22.9. The molecule has 0 saturated carbocycles. The van der Waals surface area contributed by atoms with Crippen molar-refractivity contribution in [3.05, 3.63) is 89.5 Å². The lowest BCUT2D eigenvalue weighted by Crippen LogP contribution is -2.32. The third kappa shape index (κ3) is 6.06. The first-order chi connectivity index (χ1) is 18.0. The quantitative estimate of drug-likeness (QED) is 0.301. The molecule has 38 heavy (non-hydrogen) atoms. The Morgan fingerprint density at radius 1 is 0.947 bits per heavy atom. The van der Waals surface area contributed by atoms with E-state index in [1.165, 1.54) is 0 Å². The highest BCUT2D eigenvalue weighted by Gasteiger charge is 2.45. The van der Waals surface area contributed by atoms with Crippen LogP contribution >= 0.6 is 0 Å². The van der Waals surface area contributed by atoms with E-state index in [2.05, 4.69) is 15.0 Å². The van der Waals surface area contributed by atoms with Gasteiger partial charge in [-0.15, -0.1) is 0 Å². The number of hydrogen-bond acceptors (Lipinski definition) is 7. The summed E-state index contributed by atoms with van der Waals surface area (Å²) in [6.07, 6.45) is -7.09. The average molecular weight is 524 g/mol. The van der Waals surface area contributed by atoms with E-state index in [4.69, 9.17) is 21.3 Å². The molecular formula is C27H24F3N5O3. The molecule has 0 bridgehead atoms. The van der Waals surface area contributed by atoms with Crippen LogP contribution in [0.4, 0.5) is 19.1 Å². The maximum Gasteiger partial charge on any atom is 0.429 e. The van der Waals surface area contributed by atoms with Crippen LogP contribution in [0.25, 0.3) is 22.5 Å². The third-order valence-corrected chi connectivity index (χ3v) is 5.81. The van der Waals surface area contributed by atoms with Crippen molar-refractivity contribution in [1.29, 1.82) is 0 Å². The molecule has 5 N–H and O–H groups in total. The van der Waals surface area contributed by atoms with Crippen molar-refractivity contribution in [2.75, 3.05) is 5.73 Å². The average Bonchev–Trinajstić information content (AvgIpc) is 2.87. The van der Waals surface area contributed by atoms with Gasteiger partial charge in [0.1, 0.15) is 6.04 Å². The van der Waals surface area contributed by atoms with E-state index < -0.39 is 30.3 Å². The number of hydrogen-bond donors (Lipinski definition) is 3. The van der Waals surface area contributed by atoms with Crippen molar-refractivity contribution in [2.45, 2.75) is 31.7 Å². The zero-order chi connectivity index (χ0) is 27.4. The fraction of sp³-hybridized carbons (Fsp3) is 0.185. The molecule has 4 rings (SSSR count). The van der Waals surface area contributed by atoms with Crippen molar-refractivity contribution in [2.24, 2.45) is 5.73 Å². The molecule has 0 aliphatic carbocycles. The number of benzene rings is 3. The SMILES string of the molecule is Cc1cccc(-c2ccccc2)c1C(Oc1nc(N)nc(-c2ccc(C[C@H](N)C(=O)O)cc2)n1)C(F)(F)F. The highest BCUT2D eigenvalue weighted by molar-refractivity contribution is 5.73. The number of aliphatic carboxylic acids is 1. The Morgan fingerprint density at radius 3 is 2.26 bits per heavy atom. The van der Waals surface area contributed by atoms with Crippen LogP contribution in [0.15, 0.2) is 72.8 Å². The number of nitrogen functional groups attached to an aromatic ring is 1. The Morgan fingerprint density at radius 2 is 1.63 bits per heavy atom. The van der Waals surface area contributed by atoms with Gasteiger partial charge in [-0.25, -0.2) is 0 Å². The van der Waals surface area contributed by atoms with Gasteiger partial charge in [-0.1, -0.05) is 72.8 Å². The Bertz CT molecular complexity index is 1430. The number of carboxylic acids is 1. The summed E-state index contributed by atoms with van der Waals surface area (Å²) in [6.45, 7) is 1.58. The summed E-state index contributed by atoms with van der Waals surface area (Å²) in [6, 6.07) is 18.3. The number of aryl methyl sites for hydroxylation is 1. The van der Waals surface area contributed by atoms with Gasteiger partial charge in [0, 0.05) is 11.1 Å². The van der Waals surface area contributed by atoms with Crippen LogP contribution < -0.4 is 16.2 Å². The first kappa shape index (κ1) is 26.6. The molecule has 0 saturated heterocycles. The summed E-state index contributed by atoms with van der Waals surface area (Å²) in [5.41, 5.74) is 13.7. The van der Waals surface area contributed by atoms with E-state index in [1.54, 1.807) is 79.7 Å². The van der Waals surface area contributed by atoms with E-state index in [9.17, 15) is 18.0 Å². The fourth-order valence-electron chi connectivity index (χ4n) is 3.98. The van der Waals surface area contributed by atoms with Gasteiger partial charge in [0.15, 0.2) is 5.82 Å². The minimum absolute atomic E-state index is 0.00410. The molecule has 1 heterocycles. The zero-order valence-electron chi connectivity index (χ0n) is 20.2. The standard InChI is InChI=1S/C27H24F3N5O3/c1-15-6-5-9-19(17-7-3-2-4-8-17)21(15)22(27(28,29)30)38-26-34-23(33-25(32)35-26)18-12-10-16(11-13-18)14-20(31)24(36)37/h2-13,20,22H,14,31H2,1H3,(H,36,37)(H2,32,33,34,35)/t20-,22?/m0/s1. The van der Waals surface area contributed by atoms with Crippen molar-refractivity contribution in [3.63, 3.8) is 0 Å². The van der Waals surface area contributed by atoms with Crippen LogP contribution in [0.2, 0.25) is 0 Å². The second-order valence-corrected chi connectivity index (χ2v) is 8.59. The third-order valence-electron chi connectivity index (χ3n) is 5.81. The number of ether oxygens (including phenoxy) is 1. The predicted octanol–water partition coefficient (Wildman–Crippen LogP) is 4.73. The van der Waals surface area contributed by atoms with Gasteiger partial charge < -0.3 is 21.3 Å². The first-order valence-corrected chi connectivity index (χ1v) is 11.5. The van der Waals surface area contributed by atoms with Gasteiger partial charge in [0.05, 0.1) is 0 Å². The molecule has 0 amide bonds. The molecule has 1 aromatic heterocycles. The smallest absolute Gasteiger partial charge is 0.429 e. The summed E-state index contributed by atoms with van der Waals surface area (Å²) in [5.74, 6) is -1.46.